The Labute approximate surface area is 165 Å². The Morgan fingerprint density at radius 3 is 2.72 bits per heavy atom. The van der Waals surface area contributed by atoms with Crippen molar-refractivity contribution in [3.63, 3.8) is 0 Å². The molecule has 0 saturated heterocycles. The highest BCUT2D eigenvalue weighted by Gasteiger charge is 2.15. The van der Waals surface area contributed by atoms with Crippen molar-refractivity contribution < 1.29 is 18.8 Å². The molecule has 3 aromatic rings. The highest BCUT2D eigenvalue weighted by atomic mass is 19.1. The molecule has 0 unspecified atom stereocenters. The number of hydrogen-bond donors (Lipinski definition) is 4. The van der Waals surface area contributed by atoms with Gasteiger partial charge in [-0.3, -0.25) is 5.41 Å². The third-order valence-corrected chi connectivity index (χ3v) is 4.05. The van der Waals surface area contributed by atoms with Crippen LogP contribution in [0.1, 0.15) is 11.1 Å². The molecule has 2 aromatic carbocycles. The molecule has 1 heterocycles. The SMILES string of the molecule is CN(C)c1noc(-c2cc(F)cc(CNc3ccc(N)c(C(=N)C(=O)O)c3)c2)n1. The van der Waals surface area contributed by atoms with E-state index in [-0.39, 0.29) is 23.7 Å². The third kappa shape index (κ3) is 4.49. The van der Waals surface area contributed by atoms with Crippen LogP contribution < -0.4 is 16.0 Å². The van der Waals surface area contributed by atoms with Crippen LogP contribution >= 0.6 is 0 Å². The number of carbonyl (C=O) groups is 1. The summed E-state index contributed by atoms with van der Waals surface area (Å²) < 4.78 is 19.3. The van der Waals surface area contributed by atoms with Gasteiger partial charge in [-0.05, 0) is 47.1 Å². The molecule has 0 radical (unpaired) electrons. The van der Waals surface area contributed by atoms with Crippen LogP contribution in [0.3, 0.4) is 0 Å². The number of rotatable bonds is 7. The van der Waals surface area contributed by atoms with E-state index in [0.717, 1.165) is 0 Å². The number of nitrogens with two attached hydrogens (primary N) is 1. The van der Waals surface area contributed by atoms with Crippen molar-refractivity contribution in [1.29, 1.82) is 5.41 Å². The van der Waals surface area contributed by atoms with Gasteiger partial charge in [0.1, 0.15) is 11.5 Å². The summed E-state index contributed by atoms with van der Waals surface area (Å²) >= 11 is 0. The fourth-order valence-electron chi connectivity index (χ4n) is 2.59. The van der Waals surface area contributed by atoms with Crippen LogP contribution in [0.5, 0.6) is 0 Å². The van der Waals surface area contributed by atoms with Crippen LogP contribution in [0.4, 0.5) is 21.7 Å². The topological polar surface area (TPSA) is 141 Å². The number of anilines is 3. The molecule has 0 aliphatic heterocycles. The number of nitrogens with zero attached hydrogens (tertiary/aromatic N) is 3. The average Bonchev–Trinajstić information content (AvgIpc) is 3.17. The van der Waals surface area contributed by atoms with Crippen molar-refractivity contribution in [2.24, 2.45) is 0 Å². The molecule has 5 N–H and O–H groups in total. The van der Waals surface area contributed by atoms with E-state index in [1.807, 2.05) is 0 Å². The van der Waals surface area contributed by atoms with Crippen LogP contribution in [-0.2, 0) is 11.3 Å². The molecule has 0 spiro atoms. The number of aromatic nitrogens is 2. The summed E-state index contributed by atoms with van der Waals surface area (Å²) in [6, 6.07) is 8.99. The van der Waals surface area contributed by atoms with Crippen molar-refractivity contribution in [2.45, 2.75) is 6.54 Å². The van der Waals surface area contributed by atoms with E-state index in [1.54, 1.807) is 31.1 Å². The highest BCUT2D eigenvalue weighted by Crippen LogP contribution is 2.24. The molecule has 150 valence electrons. The van der Waals surface area contributed by atoms with Crippen LogP contribution in [0, 0.1) is 11.2 Å². The first-order valence-electron chi connectivity index (χ1n) is 8.51. The Morgan fingerprint density at radius 2 is 2.07 bits per heavy atom. The summed E-state index contributed by atoms with van der Waals surface area (Å²) in [6.45, 7) is 0.239. The van der Waals surface area contributed by atoms with Crippen LogP contribution in [-0.4, -0.2) is 41.0 Å². The summed E-state index contributed by atoms with van der Waals surface area (Å²) in [7, 11) is 3.53. The first kappa shape index (κ1) is 19.8. The van der Waals surface area contributed by atoms with Crippen molar-refractivity contribution in [3.05, 3.63) is 53.3 Å². The minimum absolute atomic E-state index is 0.101. The summed E-state index contributed by atoms with van der Waals surface area (Å²) in [5.74, 6) is -1.27. The Hall–Kier alpha value is -3.95. The molecule has 3 rings (SSSR count). The van der Waals surface area contributed by atoms with Gasteiger partial charge in [-0.1, -0.05) is 0 Å². The lowest BCUT2D eigenvalue weighted by molar-refractivity contribution is -0.129. The second-order valence-corrected chi connectivity index (χ2v) is 6.48. The molecule has 0 aliphatic rings. The maximum absolute atomic E-state index is 14.1. The molecule has 0 atom stereocenters. The Bertz CT molecular complexity index is 1080. The van der Waals surface area contributed by atoms with Gasteiger partial charge in [-0.2, -0.15) is 4.98 Å². The second-order valence-electron chi connectivity index (χ2n) is 6.48. The zero-order valence-electron chi connectivity index (χ0n) is 15.7. The number of benzene rings is 2. The fraction of sp³-hybridized carbons (Fsp3) is 0.158. The first-order chi connectivity index (χ1) is 13.7. The third-order valence-electron chi connectivity index (χ3n) is 4.05. The quantitative estimate of drug-likeness (QED) is 0.351. The smallest absolute Gasteiger partial charge is 0.354 e. The first-order valence-corrected chi connectivity index (χ1v) is 8.51. The van der Waals surface area contributed by atoms with Gasteiger partial charge in [-0.25, -0.2) is 9.18 Å². The van der Waals surface area contributed by atoms with Gasteiger partial charge in [0.25, 0.3) is 11.8 Å². The molecule has 9 nitrogen and oxygen atoms in total. The van der Waals surface area contributed by atoms with Gasteiger partial charge in [0.15, 0.2) is 0 Å². The lowest BCUT2D eigenvalue weighted by Gasteiger charge is -2.11. The maximum Gasteiger partial charge on any atom is 0.354 e. The van der Waals surface area contributed by atoms with Crippen molar-refractivity contribution in [2.75, 3.05) is 30.0 Å². The molecule has 29 heavy (non-hydrogen) atoms. The number of nitrogen functional groups attached to an aromatic ring is 1. The largest absolute Gasteiger partial charge is 0.477 e. The number of aliphatic carboxylic acids is 1. The van der Waals surface area contributed by atoms with Crippen LogP contribution in [0.15, 0.2) is 40.9 Å². The summed E-state index contributed by atoms with van der Waals surface area (Å²) in [6.07, 6.45) is 0. The molecular formula is C19H19FN6O3. The van der Waals surface area contributed by atoms with Gasteiger partial charge < -0.3 is 25.6 Å². The fourth-order valence-corrected chi connectivity index (χ4v) is 2.59. The van der Waals surface area contributed by atoms with Crippen LogP contribution in [0.2, 0.25) is 0 Å². The zero-order chi connectivity index (χ0) is 21.1. The minimum atomic E-state index is -1.37. The summed E-state index contributed by atoms with van der Waals surface area (Å²) in [5.41, 5.74) is 7.02. The van der Waals surface area contributed by atoms with Gasteiger partial charge in [0.05, 0.1) is 0 Å². The van der Waals surface area contributed by atoms with Gasteiger partial charge in [0.2, 0.25) is 0 Å². The predicted molar refractivity (Wildman–Crippen MR) is 107 cm³/mol. The summed E-state index contributed by atoms with van der Waals surface area (Å²) in [4.78, 5) is 16.9. The number of carboxylic acid groups (broad SMARTS) is 1. The van der Waals surface area contributed by atoms with Crippen LogP contribution in [0.25, 0.3) is 11.5 Å². The Kier molecular flexibility index (Phi) is 5.44. The molecule has 1 aromatic heterocycles. The standard InChI is InChI=1S/C19H19FN6O3/c1-26(2)19-24-17(29-25-19)11-5-10(6-12(20)7-11)9-23-13-3-4-15(21)14(8-13)16(22)18(27)28/h3-8,22-23H,9,21H2,1-2H3,(H,27,28). The average molecular weight is 398 g/mol. The monoisotopic (exact) mass is 398 g/mol. The number of hydrogen-bond acceptors (Lipinski definition) is 8. The molecular weight excluding hydrogens is 379 g/mol. The van der Waals surface area contributed by atoms with E-state index >= 15 is 0 Å². The van der Waals surface area contributed by atoms with E-state index in [4.69, 9.17) is 20.8 Å². The zero-order valence-corrected chi connectivity index (χ0v) is 15.7. The Morgan fingerprint density at radius 1 is 1.31 bits per heavy atom. The Balaban J connectivity index is 1.81. The molecule has 0 amide bonds. The van der Waals surface area contributed by atoms with Crippen molar-refractivity contribution in [1.82, 2.24) is 10.1 Å². The molecule has 10 heteroatoms. The molecule has 0 fully saturated rings. The molecule has 0 saturated carbocycles. The van der Waals surface area contributed by atoms with E-state index in [0.29, 0.717) is 22.8 Å². The second kappa shape index (κ2) is 7.97. The van der Waals surface area contributed by atoms with Crippen molar-refractivity contribution >= 4 is 29.0 Å². The lowest BCUT2D eigenvalue weighted by atomic mass is 10.1. The molecule has 0 bridgehead atoms. The van der Waals surface area contributed by atoms with Gasteiger partial charge in [0, 0.05) is 43.1 Å². The van der Waals surface area contributed by atoms with Crippen molar-refractivity contribution in [3.8, 4) is 11.5 Å². The van der Waals surface area contributed by atoms with Gasteiger partial charge >= 0.3 is 5.97 Å². The predicted octanol–water partition coefficient (Wildman–Crippen LogP) is 2.59. The number of nitrogens with one attached hydrogen (secondary N) is 2. The van der Waals surface area contributed by atoms with E-state index in [1.165, 1.54) is 24.3 Å². The number of halogens is 1. The van der Waals surface area contributed by atoms with Gasteiger partial charge in [-0.15, -0.1) is 0 Å². The normalized spacial score (nSPS) is 10.6. The van der Waals surface area contributed by atoms with E-state index in [2.05, 4.69) is 15.5 Å². The highest BCUT2D eigenvalue weighted by molar-refractivity contribution is 6.42. The molecule has 0 aliphatic carbocycles. The summed E-state index contributed by atoms with van der Waals surface area (Å²) in [5, 5.41) is 23.5. The van der Waals surface area contributed by atoms with E-state index < -0.39 is 17.5 Å². The maximum atomic E-state index is 14.1. The van der Waals surface area contributed by atoms with E-state index in [9.17, 15) is 9.18 Å². The minimum Gasteiger partial charge on any atom is -0.477 e. The lowest BCUT2D eigenvalue weighted by Crippen LogP contribution is -2.15. The number of carboxylic acids is 1.